The maximum absolute atomic E-state index is 12.1. The first-order valence-corrected chi connectivity index (χ1v) is 11.4. The van der Waals surface area contributed by atoms with Crippen LogP contribution in [0.1, 0.15) is 33.6 Å². The van der Waals surface area contributed by atoms with Crippen molar-refractivity contribution in [2.45, 2.75) is 50.9 Å². The number of hydrogen-bond acceptors (Lipinski definition) is 3. The van der Waals surface area contributed by atoms with E-state index in [2.05, 4.69) is 75.9 Å². The zero-order chi connectivity index (χ0) is 19.5. The van der Waals surface area contributed by atoms with Crippen molar-refractivity contribution in [3.05, 3.63) is 73.3 Å². The molecule has 2 aromatic rings. The monoisotopic (exact) mass is 380 g/mol. The van der Waals surface area contributed by atoms with Gasteiger partial charge in [-0.25, -0.2) is 0 Å². The van der Waals surface area contributed by atoms with Crippen LogP contribution < -0.4 is 10.4 Å². The Morgan fingerprint density at radius 2 is 1.56 bits per heavy atom. The van der Waals surface area contributed by atoms with E-state index >= 15 is 0 Å². The van der Waals surface area contributed by atoms with Gasteiger partial charge in [0, 0.05) is 6.42 Å². The number of hydrogen-bond donors (Lipinski definition) is 0. The van der Waals surface area contributed by atoms with Gasteiger partial charge in [0.2, 0.25) is 0 Å². The molecule has 1 saturated heterocycles. The molecule has 1 aliphatic rings. The predicted molar refractivity (Wildman–Crippen MR) is 112 cm³/mol. The van der Waals surface area contributed by atoms with Gasteiger partial charge in [-0.15, -0.1) is 0 Å². The molecule has 0 saturated carbocycles. The van der Waals surface area contributed by atoms with E-state index < -0.39 is 8.32 Å². The first-order valence-electron chi connectivity index (χ1n) is 9.48. The number of cyclic esters (lactones) is 1. The van der Waals surface area contributed by atoms with Crippen LogP contribution in [0.4, 0.5) is 0 Å². The molecule has 3 rings (SSSR count). The molecule has 2 aromatic carbocycles. The van der Waals surface area contributed by atoms with E-state index in [0.29, 0.717) is 6.42 Å². The molecule has 4 heteroatoms. The normalized spacial score (nSPS) is 20.8. The summed E-state index contributed by atoms with van der Waals surface area (Å²) in [7, 11) is -2.65. The maximum Gasteiger partial charge on any atom is 0.308 e. The van der Waals surface area contributed by atoms with Gasteiger partial charge >= 0.3 is 5.97 Å². The van der Waals surface area contributed by atoms with Crippen molar-refractivity contribution in [3.63, 3.8) is 0 Å². The van der Waals surface area contributed by atoms with Gasteiger partial charge in [0.05, 0.1) is 12.5 Å². The molecule has 0 aliphatic carbocycles. The number of carbonyl (C=O) groups excluding carboxylic acids is 1. The molecule has 1 fully saturated rings. The highest BCUT2D eigenvalue weighted by molar-refractivity contribution is 6.99. The third-order valence-electron chi connectivity index (χ3n) is 5.20. The standard InChI is InChI=1S/C23H28O3Si/c1-5-18-16-19(17-22(24)25-18)26-27(23(2,3)4,20-12-8-6-9-13-20)21-14-10-7-11-15-21/h5-15,18-19H,1,16-17H2,2-4H3. The summed E-state index contributed by atoms with van der Waals surface area (Å²) in [5.41, 5.74) is 0. The summed E-state index contributed by atoms with van der Waals surface area (Å²) in [6.45, 7) is 10.5. The largest absolute Gasteiger partial charge is 0.458 e. The van der Waals surface area contributed by atoms with Crippen molar-refractivity contribution >= 4 is 24.7 Å². The third kappa shape index (κ3) is 3.92. The SMILES string of the molecule is C=CC1CC(O[Si](c2ccccc2)(c2ccccc2)C(C)(C)C)CC(=O)O1. The fourth-order valence-electron chi connectivity index (χ4n) is 3.97. The molecule has 0 aromatic heterocycles. The summed E-state index contributed by atoms with van der Waals surface area (Å²) in [4.78, 5) is 12.1. The zero-order valence-corrected chi connectivity index (χ0v) is 17.4. The lowest BCUT2D eigenvalue weighted by Gasteiger charge is -2.46. The summed E-state index contributed by atoms with van der Waals surface area (Å²) >= 11 is 0. The molecule has 0 amide bonds. The summed E-state index contributed by atoms with van der Waals surface area (Å²) in [6.07, 6.45) is 2.17. The Balaban J connectivity index is 2.12. The van der Waals surface area contributed by atoms with Gasteiger partial charge < -0.3 is 9.16 Å². The highest BCUT2D eigenvalue weighted by atomic mass is 28.4. The molecule has 27 heavy (non-hydrogen) atoms. The van der Waals surface area contributed by atoms with Crippen LogP contribution in [-0.4, -0.2) is 26.5 Å². The van der Waals surface area contributed by atoms with Gasteiger partial charge in [0.15, 0.2) is 0 Å². The van der Waals surface area contributed by atoms with E-state index in [0.717, 1.165) is 0 Å². The van der Waals surface area contributed by atoms with Crippen molar-refractivity contribution in [3.8, 4) is 0 Å². The molecule has 2 unspecified atom stereocenters. The van der Waals surface area contributed by atoms with Gasteiger partial charge in [0.1, 0.15) is 6.10 Å². The van der Waals surface area contributed by atoms with Gasteiger partial charge in [-0.2, -0.15) is 0 Å². The Bertz CT molecular complexity index is 741. The fourth-order valence-corrected chi connectivity index (χ4v) is 8.66. The zero-order valence-electron chi connectivity index (χ0n) is 16.4. The van der Waals surface area contributed by atoms with Crippen LogP contribution in [0.3, 0.4) is 0 Å². The Kier molecular flexibility index (Phi) is 5.68. The average Bonchev–Trinajstić information content (AvgIpc) is 2.66. The van der Waals surface area contributed by atoms with Crippen molar-refractivity contribution < 1.29 is 14.0 Å². The molecular formula is C23H28O3Si. The maximum atomic E-state index is 12.1. The molecule has 0 bridgehead atoms. The van der Waals surface area contributed by atoms with E-state index in [1.165, 1.54) is 10.4 Å². The second kappa shape index (κ2) is 7.83. The molecule has 1 heterocycles. The Labute approximate surface area is 163 Å². The minimum atomic E-state index is -2.65. The van der Waals surface area contributed by atoms with Crippen molar-refractivity contribution in [1.82, 2.24) is 0 Å². The summed E-state index contributed by atoms with van der Waals surface area (Å²) < 4.78 is 12.4. The van der Waals surface area contributed by atoms with Gasteiger partial charge in [-0.05, 0) is 15.4 Å². The van der Waals surface area contributed by atoms with Gasteiger partial charge in [0.25, 0.3) is 8.32 Å². The van der Waals surface area contributed by atoms with Crippen molar-refractivity contribution in [2.24, 2.45) is 0 Å². The average molecular weight is 381 g/mol. The van der Waals surface area contributed by atoms with E-state index in [4.69, 9.17) is 9.16 Å². The van der Waals surface area contributed by atoms with Crippen LogP contribution in [0.15, 0.2) is 73.3 Å². The number of carbonyl (C=O) groups is 1. The summed E-state index contributed by atoms with van der Waals surface area (Å²) in [6, 6.07) is 21.0. The fraction of sp³-hybridized carbons (Fsp3) is 0.348. The van der Waals surface area contributed by atoms with Crippen LogP contribution >= 0.6 is 0 Å². The van der Waals surface area contributed by atoms with E-state index in [9.17, 15) is 4.79 Å². The highest BCUT2D eigenvalue weighted by Crippen LogP contribution is 2.39. The summed E-state index contributed by atoms with van der Waals surface area (Å²) in [5, 5.41) is 2.33. The second-order valence-electron chi connectivity index (χ2n) is 8.11. The Morgan fingerprint density at radius 1 is 1.04 bits per heavy atom. The molecule has 0 radical (unpaired) electrons. The topological polar surface area (TPSA) is 35.5 Å². The lowest BCUT2D eigenvalue weighted by atomic mass is 10.1. The molecule has 0 N–H and O–H groups in total. The second-order valence-corrected chi connectivity index (χ2v) is 12.4. The van der Waals surface area contributed by atoms with Crippen molar-refractivity contribution in [1.29, 1.82) is 0 Å². The Hall–Kier alpha value is -2.17. The minimum Gasteiger partial charge on any atom is -0.458 e. The van der Waals surface area contributed by atoms with E-state index in [-0.39, 0.29) is 29.6 Å². The smallest absolute Gasteiger partial charge is 0.308 e. The Morgan fingerprint density at radius 3 is 2.00 bits per heavy atom. The van der Waals surface area contributed by atoms with Crippen LogP contribution in [0.5, 0.6) is 0 Å². The number of ether oxygens (including phenoxy) is 1. The number of rotatable bonds is 5. The molecular weight excluding hydrogens is 352 g/mol. The molecule has 3 nitrogen and oxygen atoms in total. The van der Waals surface area contributed by atoms with Gasteiger partial charge in [-0.3, -0.25) is 4.79 Å². The van der Waals surface area contributed by atoms with Crippen molar-refractivity contribution in [2.75, 3.05) is 0 Å². The van der Waals surface area contributed by atoms with Gasteiger partial charge in [-0.1, -0.05) is 94.1 Å². The molecule has 1 aliphatic heterocycles. The quantitative estimate of drug-likeness (QED) is 0.449. The van der Waals surface area contributed by atoms with Crippen LogP contribution in [0.25, 0.3) is 0 Å². The first kappa shape index (κ1) is 19.6. The lowest BCUT2D eigenvalue weighted by Crippen LogP contribution is -2.68. The molecule has 0 spiro atoms. The molecule has 142 valence electrons. The number of benzene rings is 2. The van der Waals surface area contributed by atoms with E-state index in [1.807, 2.05) is 12.1 Å². The van der Waals surface area contributed by atoms with Crippen LogP contribution in [-0.2, 0) is 14.0 Å². The summed E-state index contributed by atoms with van der Waals surface area (Å²) in [5.74, 6) is -0.214. The highest BCUT2D eigenvalue weighted by Gasteiger charge is 2.52. The molecule has 2 atom stereocenters. The van der Waals surface area contributed by atoms with Crippen LogP contribution in [0.2, 0.25) is 5.04 Å². The minimum absolute atomic E-state index is 0.110. The third-order valence-corrected chi connectivity index (χ3v) is 10.3. The lowest BCUT2D eigenvalue weighted by molar-refractivity contribution is -0.155. The predicted octanol–water partition coefficient (Wildman–Crippen LogP) is 3.82. The number of esters is 1. The first-order chi connectivity index (χ1) is 12.9. The van der Waals surface area contributed by atoms with E-state index in [1.54, 1.807) is 6.08 Å². The van der Waals surface area contributed by atoms with Crippen LogP contribution in [0, 0.1) is 0 Å².